The average Bonchev–Trinajstić information content (AvgIpc) is 2.60. The highest BCUT2D eigenvalue weighted by Gasteiger charge is 2.16. The van der Waals surface area contributed by atoms with Gasteiger partial charge in [-0.05, 0) is 24.1 Å². The lowest BCUT2D eigenvalue weighted by atomic mass is 10.1. The van der Waals surface area contributed by atoms with Gasteiger partial charge in [-0.2, -0.15) is 4.98 Å². The van der Waals surface area contributed by atoms with Crippen molar-refractivity contribution in [2.45, 2.75) is 12.8 Å². The van der Waals surface area contributed by atoms with Gasteiger partial charge < -0.3 is 20.1 Å². The summed E-state index contributed by atoms with van der Waals surface area (Å²) in [6.45, 7) is 0. The van der Waals surface area contributed by atoms with Crippen LogP contribution in [0.3, 0.4) is 0 Å². The van der Waals surface area contributed by atoms with E-state index in [1.54, 1.807) is 37.2 Å². The zero-order valence-electron chi connectivity index (χ0n) is 14.8. The van der Waals surface area contributed by atoms with Gasteiger partial charge in [0.25, 0.3) is 0 Å². The third kappa shape index (κ3) is 5.07. The molecule has 9 heteroatoms. The van der Waals surface area contributed by atoms with Crippen LogP contribution < -0.4 is 20.3 Å². The predicted octanol–water partition coefficient (Wildman–Crippen LogP) is 2.21. The summed E-state index contributed by atoms with van der Waals surface area (Å²) in [4.78, 5) is 32.9. The van der Waals surface area contributed by atoms with Gasteiger partial charge in [0, 0.05) is 26.2 Å². The molecule has 2 amide bonds. The Balaban J connectivity index is 2.12. The first-order valence-corrected chi connectivity index (χ1v) is 7.85. The number of nitrogens with zero attached hydrogens (tertiary/aromatic N) is 3. The Bertz CT molecular complexity index is 794. The Morgan fingerprint density at radius 1 is 1.23 bits per heavy atom. The number of rotatable bonds is 7. The van der Waals surface area contributed by atoms with Crippen molar-refractivity contribution >= 4 is 29.2 Å². The molecule has 0 saturated heterocycles. The van der Waals surface area contributed by atoms with Crippen LogP contribution >= 0.6 is 0 Å². The SMILES string of the molecule is COc1ncnc(N(C)C)c1NC(=O)Nc1cccc(CCC(=O)O)c1. The van der Waals surface area contributed by atoms with Crippen molar-refractivity contribution in [3.63, 3.8) is 0 Å². The number of aromatic nitrogens is 2. The predicted molar refractivity (Wildman–Crippen MR) is 98.0 cm³/mol. The highest BCUT2D eigenvalue weighted by molar-refractivity contribution is 6.02. The molecule has 2 rings (SSSR count). The van der Waals surface area contributed by atoms with Gasteiger partial charge in [-0.3, -0.25) is 10.1 Å². The molecule has 0 aliphatic rings. The van der Waals surface area contributed by atoms with Gasteiger partial charge >= 0.3 is 12.0 Å². The zero-order valence-corrected chi connectivity index (χ0v) is 14.8. The minimum Gasteiger partial charge on any atom is -0.481 e. The molecule has 0 unspecified atom stereocenters. The number of methoxy groups -OCH3 is 1. The molecule has 0 radical (unpaired) electrons. The number of carbonyl (C=O) groups excluding carboxylic acids is 1. The maximum absolute atomic E-state index is 12.4. The maximum atomic E-state index is 12.4. The van der Waals surface area contributed by atoms with E-state index in [1.807, 2.05) is 6.07 Å². The molecule has 0 fully saturated rings. The van der Waals surface area contributed by atoms with E-state index in [4.69, 9.17) is 9.84 Å². The first-order chi connectivity index (χ1) is 12.4. The molecule has 26 heavy (non-hydrogen) atoms. The molecule has 1 aromatic carbocycles. The standard InChI is InChI=1S/C17H21N5O4/c1-22(2)15-14(16(26-3)19-10-18-15)21-17(25)20-12-6-4-5-11(9-12)7-8-13(23)24/h4-6,9-10H,7-8H2,1-3H3,(H,23,24)(H2,20,21,25). The van der Waals surface area contributed by atoms with E-state index >= 15 is 0 Å². The summed E-state index contributed by atoms with van der Waals surface area (Å²) in [6, 6.07) is 6.52. The van der Waals surface area contributed by atoms with E-state index in [9.17, 15) is 9.59 Å². The average molecular weight is 359 g/mol. The van der Waals surface area contributed by atoms with Crippen LogP contribution in [0.4, 0.5) is 22.0 Å². The van der Waals surface area contributed by atoms with Gasteiger partial charge in [0.1, 0.15) is 12.0 Å². The molecular formula is C17H21N5O4. The van der Waals surface area contributed by atoms with E-state index in [1.165, 1.54) is 13.4 Å². The summed E-state index contributed by atoms with van der Waals surface area (Å²) in [5, 5.41) is 14.2. The van der Waals surface area contributed by atoms with Crippen molar-refractivity contribution in [3.05, 3.63) is 36.2 Å². The maximum Gasteiger partial charge on any atom is 0.323 e. The fraction of sp³-hybridized carbons (Fsp3) is 0.294. The third-order valence-corrected chi connectivity index (χ3v) is 3.46. The monoisotopic (exact) mass is 359 g/mol. The normalized spacial score (nSPS) is 10.1. The first kappa shape index (κ1) is 19.0. The van der Waals surface area contributed by atoms with Gasteiger partial charge in [0.05, 0.1) is 7.11 Å². The summed E-state index contributed by atoms with van der Waals surface area (Å²) in [6.07, 6.45) is 1.77. The largest absolute Gasteiger partial charge is 0.481 e. The Kier molecular flexibility index (Phi) is 6.31. The summed E-state index contributed by atoms with van der Waals surface area (Å²) in [5.74, 6) is -0.121. The van der Waals surface area contributed by atoms with Crippen LogP contribution in [-0.2, 0) is 11.2 Å². The second kappa shape index (κ2) is 8.65. The van der Waals surface area contributed by atoms with Crippen molar-refractivity contribution in [3.8, 4) is 5.88 Å². The zero-order chi connectivity index (χ0) is 19.1. The van der Waals surface area contributed by atoms with E-state index in [0.717, 1.165) is 5.56 Å². The summed E-state index contributed by atoms with van der Waals surface area (Å²) < 4.78 is 5.18. The van der Waals surface area contributed by atoms with E-state index in [0.29, 0.717) is 23.6 Å². The lowest BCUT2D eigenvalue weighted by molar-refractivity contribution is -0.136. The number of amides is 2. The molecular weight excluding hydrogens is 338 g/mol. The van der Waals surface area contributed by atoms with Crippen molar-refractivity contribution < 1.29 is 19.4 Å². The molecule has 2 aromatic rings. The van der Waals surface area contributed by atoms with Crippen LogP contribution in [0.2, 0.25) is 0 Å². The highest BCUT2D eigenvalue weighted by atomic mass is 16.5. The van der Waals surface area contributed by atoms with E-state index in [-0.39, 0.29) is 12.3 Å². The second-order valence-corrected chi connectivity index (χ2v) is 5.65. The molecule has 138 valence electrons. The molecule has 0 bridgehead atoms. The topological polar surface area (TPSA) is 117 Å². The number of nitrogens with one attached hydrogen (secondary N) is 2. The molecule has 3 N–H and O–H groups in total. The van der Waals surface area contributed by atoms with E-state index in [2.05, 4.69) is 20.6 Å². The van der Waals surface area contributed by atoms with E-state index < -0.39 is 12.0 Å². The fourth-order valence-corrected chi connectivity index (χ4v) is 2.30. The van der Waals surface area contributed by atoms with Gasteiger partial charge in [0.2, 0.25) is 5.88 Å². The smallest absolute Gasteiger partial charge is 0.323 e. The van der Waals surface area contributed by atoms with Crippen LogP contribution in [0.5, 0.6) is 5.88 Å². The van der Waals surface area contributed by atoms with Crippen molar-refractivity contribution in [1.29, 1.82) is 0 Å². The summed E-state index contributed by atoms with van der Waals surface area (Å²) >= 11 is 0. The number of carbonyl (C=O) groups is 2. The van der Waals surface area contributed by atoms with Crippen molar-refractivity contribution in [2.24, 2.45) is 0 Å². The minimum absolute atomic E-state index is 0.0282. The number of carboxylic acids is 1. The van der Waals surface area contributed by atoms with Crippen LogP contribution in [0.1, 0.15) is 12.0 Å². The number of aryl methyl sites for hydroxylation is 1. The number of aliphatic carboxylic acids is 1. The summed E-state index contributed by atoms with van der Waals surface area (Å²) in [5.41, 5.74) is 1.71. The molecule has 1 aromatic heterocycles. The number of urea groups is 1. The lowest BCUT2D eigenvalue weighted by Crippen LogP contribution is -2.23. The van der Waals surface area contributed by atoms with Crippen LogP contribution in [0.25, 0.3) is 0 Å². The molecule has 0 aliphatic heterocycles. The van der Waals surface area contributed by atoms with Gasteiger partial charge in [-0.25, -0.2) is 9.78 Å². The lowest BCUT2D eigenvalue weighted by Gasteiger charge is -2.18. The Labute approximate surface area is 151 Å². The molecule has 0 spiro atoms. The Hall–Kier alpha value is -3.36. The third-order valence-electron chi connectivity index (χ3n) is 3.46. The van der Waals surface area contributed by atoms with Crippen LogP contribution in [0, 0.1) is 0 Å². The van der Waals surface area contributed by atoms with Crippen molar-refractivity contribution in [1.82, 2.24) is 9.97 Å². The van der Waals surface area contributed by atoms with Crippen molar-refractivity contribution in [2.75, 3.05) is 36.7 Å². The number of carboxylic acid groups (broad SMARTS) is 1. The second-order valence-electron chi connectivity index (χ2n) is 5.65. The first-order valence-electron chi connectivity index (χ1n) is 7.85. The number of benzene rings is 1. The number of hydrogen-bond donors (Lipinski definition) is 3. The molecule has 1 heterocycles. The van der Waals surface area contributed by atoms with Crippen LogP contribution in [0.15, 0.2) is 30.6 Å². The minimum atomic E-state index is -0.867. The quantitative estimate of drug-likeness (QED) is 0.694. The van der Waals surface area contributed by atoms with Gasteiger partial charge in [0.15, 0.2) is 5.82 Å². The van der Waals surface area contributed by atoms with Gasteiger partial charge in [-0.1, -0.05) is 12.1 Å². The Morgan fingerprint density at radius 2 is 2.00 bits per heavy atom. The number of ether oxygens (including phenoxy) is 1. The molecule has 0 aliphatic carbocycles. The molecule has 0 saturated carbocycles. The molecule has 9 nitrogen and oxygen atoms in total. The summed E-state index contributed by atoms with van der Waals surface area (Å²) in [7, 11) is 5.03. The van der Waals surface area contributed by atoms with Crippen LogP contribution in [-0.4, -0.2) is 48.3 Å². The highest BCUT2D eigenvalue weighted by Crippen LogP contribution is 2.29. The number of anilines is 3. The Morgan fingerprint density at radius 3 is 2.65 bits per heavy atom. The fourth-order valence-electron chi connectivity index (χ4n) is 2.30. The van der Waals surface area contributed by atoms with Gasteiger partial charge in [-0.15, -0.1) is 0 Å². The number of hydrogen-bond acceptors (Lipinski definition) is 6. The molecule has 0 atom stereocenters.